The van der Waals surface area contributed by atoms with Gasteiger partial charge in [0.05, 0.1) is 0 Å². The van der Waals surface area contributed by atoms with Gasteiger partial charge in [0.25, 0.3) is 0 Å². The molecule has 0 amide bonds. The first-order valence-corrected chi connectivity index (χ1v) is 4.96. The molecule has 1 unspecified atom stereocenters. The van der Waals surface area contributed by atoms with E-state index in [0.717, 1.165) is 19.3 Å². The Morgan fingerprint density at radius 3 is 2.31 bits per heavy atom. The van der Waals surface area contributed by atoms with Crippen molar-refractivity contribution in [2.75, 3.05) is 7.11 Å². The molecular weight excluding hydrogens is 164 g/mol. The van der Waals surface area contributed by atoms with E-state index in [1.165, 1.54) is 0 Å². The zero-order chi connectivity index (χ0) is 10.5. The van der Waals surface area contributed by atoms with Crippen molar-refractivity contribution < 1.29 is 9.53 Å². The van der Waals surface area contributed by atoms with Gasteiger partial charge in [-0.1, -0.05) is 27.2 Å². The third-order valence-electron chi connectivity index (χ3n) is 2.40. The Labute approximate surface area is 81.7 Å². The lowest BCUT2D eigenvalue weighted by Gasteiger charge is -2.27. The van der Waals surface area contributed by atoms with E-state index < -0.39 is 0 Å². The van der Waals surface area contributed by atoms with Crippen LogP contribution in [0.2, 0.25) is 0 Å². The van der Waals surface area contributed by atoms with E-state index in [9.17, 15) is 4.79 Å². The highest BCUT2D eigenvalue weighted by molar-refractivity contribution is 5.80. The summed E-state index contributed by atoms with van der Waals surface area (Å²) in [6.07, 6.45) is 2.90. The average molecular weight is 186 g/mol. The molecule has 0 aromatic rings. The smallest absolute Gasteiger partial charge is 0.158 e. The summed E-state index contributed by atoms with van der Waals surface area (Å²) < 4.78 is 5.14. The maximum atomic E-state index is 11.1. The molecule has 1 atom stereocenters. The highest BCUT2D eigenvalue weighted by atomic mass is 16.5. The fourth-order valence-corrected chi connectivity index (χ4v) is 1.67. The Morgan fingerprint density at radius 1 is 1.46 bits per heavy atom. The molecule has 2 heteroatoms. The van der Waals surface area contributed by atoms with E-state index in [4.69, 9.17) is 4.74 Å². The van der Waals surface area contributed by atoms with Crippen LogP contribution < -0.4 is 0 Å². The van der Waals surface area contributed by atoms with Gasteiger partial charge in [-0.15, -0.1) is 0 Å². The average Bonchev–Trinajstić information content (AvgIpc) is 1.99. The highest BCUT2D eigenvalue weighted by Gasteiger charge is 2.24. The molecule has 0 heterocycles. The second-order valence-electron chi connectivity index (χ2n) is 4.45. The first-order valence-electron chi connectivity index (χ1n) is 4.96. The molecule has 0 aliphatic carbocycles. The normalized spacial score (nSPS) is 14.2. The number of hydrogen-bond donors (Lipinski definition) is 0. The maximum Gasteiger partial charge on any atom is 0.158 e. The minimum atomic E-state index is -0.221. The summed E-state index contributed by atoms with van der Waals surface area (Å²) in [6.45, 7) is 8.13. The zero-order valence-electron chi connectivity index (χ0n) is 9.52. The molecule has 0 bridgehead atoms. The quantitative estimate of drug-likeness (QED) is 0.637. The topological polar surface area (TPSA) is 26.3 Å². The molecule has 0 radical (unpaired) electrons. The van der Waals surface area contributed by atoms with Crippen LogP contribution in [0.25, 0.3) is 0 Å². The Kier molecular flexibility index (Phi) is 5.23. The molecule has 78 valence electrons. The summed E-state index contributed by atoms with van der Waals surface area (Å²) in [6, 6.07) is 0. The van der Waals surface area contributed by atoms with Crippen molar-refractivity contribution in [2.24, 2.45) is 5.41 Å². The standard InChI is InChI=1S/C11H22O2/c1-6-7-11(3,4)8-10(13-5)9(2)12/h10H,6-8H2,1-5H3. The minimum absolute atomic E-state index is 0.131. The predicted molar refractivity (Wildman–Crippen MR) is 54.8 cm³/mol. The molecule has 0 fully saturated rings. The highest BCUT2D eigenvalue weighted by Crippen LogP contribution is 2.29. The molecule has 0 aliphatic heterocycles. The van der Waals surface area contributed by atoms with Crippen LogP contribution in [-0.2, 0) is 9.53 Å². The van der Waals surface area contributed by atoms with Gasteiger partial charge in [-0.3, -0.25) is 4.79 Å². The van der Waals surface area contributed by atoms with Crippen molar-refractivity contribution >= 4 is 5.78 Å². The van der Waals surface area contributed by atoms with E-state index in [2.05, 4.69) is 20.8 Å². The summed E-state index contributed by atoms with van der Waals surface area (Å²) in [5.74, 6) is 0.131. The molecule has 13 heavy (non-hydrogen) atoms. The van der Waals surface area contributed by atoms with Crippen LogP contribution in [0.1, 0.15) is 47.0 Å². The van der Waals surface area contributed by atoms with Gasteiger partial charge in [-0.05, 0) is 25.2 Å². The van der Waals surface area contributed by atoms with E-state index in [1.807, 2.05) is 0 Å². The Bertz CT molecular complexity index is 161. The first-order chi connectivity index (χ1) is 5.93. The van der Waals surface area contributed by atoms with Crippen molar-refractivity contribution in [1.82, 2.24) is 0 Å². The van der Waals surface area contributed by atoms with Gasteiger partial charge < -0.3 is 4.74 Å². The largest absolute Gasteiger partial charge is 0.374 e. The lowest BCUT2D eigenvalue weighted by atomic mass is 9.82. The van der Waals surface area contributed by atoms with E-state index in [-0.39, 0.29) is 17.3 Å². The molecule has 0 N–H and O–H groups in total. The molecular formula is C11H22O2. The van der Waals surface area contributed by atoms with Gasteiger partial charge in [0.2, 0.25) is 0 Å². The molecule has 0 aromatic carbocycles. The van der Waals surface area contributed by atoms with Crippen LogP contribution in [0, 0.1) is 5.41 Å². The van der Waals surface area contributed by atoms with E-state index in [1.54, 1.807) is 14.0 Å². The monoisotopic (exact) mass is 186 g/mol. The van der Waals surface area contributed by atoms with Gasteiger partial charge in [0, 0.05) is 7.11 Å². The van der Waals surface area contributed by atoms with Gasteiger partial charge in [0.15, 0.2) is 5.78 Å². The lowest BCUT2D eigenvalue weighted by molar-refractivity contribution is -0.128. The van der Waals surface area contributed by atoms with E-state index in [0.29, 0.717) is 0 Å². The van der Waals surface area contributed by atoms with Crippen molar-refractivity contribution in [3.05, 3.63) is 0 Å². The molecule has 0 saturated carbocycles. The number of carbonyl (C=O) groups is 1. The summed E-state index contributed by atoms with van der Waals surface area (Å²) in [5, 5.41) is 0. The van der Waals surface area contributed by atoms with Crippen LogP contribution in [0.15, 0.2) is 0 Å². The number of hydrogen-bond acceptors (Lipinski definition) is 2. The van der Waals surface area contributed by atoms with Gasteiger partial charge in [0.1, 0.15) is 6.10 Å². The number of ether oxygens (including phenoxy) is 1. The molecule has 0 saturated heterocycles. The van der Waals surface area contributed by atoms with Crippen molar-refractivity contribution in [2.45, 2.75) is 53.1 Å². The Hall–Kier alpha value is -0.370. The maximum absolute atomic E-state index is 11.1. The molecule has 0 rings (SSSR count). The van der Waals surface area contributed by atoms with Crippen LogP contribution >= 0.6 is 0 Å². The molecule has 2 nitrogen and oxygen atoms in total. The first kappa shape index (κ1) is 12.6. The number of carbonyl (C=O) groups excluding carboxylic acids is 1. The van der Waals surface area contributed by atoms with Crippen molar-refractivity contribution in [3.63, 3.8) is 0 Å². The van der Waals surface area contributed by atoms with Gasteiger partial charge >= 0.3 is 0 Å². The lowest BCUT2D eigenvalue weighted by Crippen LogP contribution is -2.27. The number of ketones is 1. The van der Waals surface area contributed by atoms with E-state index >= 15 is 0 Å². The van der Waals surface area contributed by atoms with Crippen molar-refractivity contribution in [1.29, 1.82) is 0 Å². The number of rotatable bonds is 6. The summed E-state index contributed by atoms with van der Waals surface area (Å²) in [4.78, 5) is 11.1. The second-order valence-corrected chi connectivity index (χ2v) is 4.45. The minimum Gasteiger partial charge on any atom is -0.374 e. The Morgan fingerprint density at radius 2 is 2.00 bits per heavy atom. The summed E-state index contributed by atoms with van der Waals surface area (Å²) >= 11 is 0. The van der Waals surface area contributed by atoms with Crippen molar-refractivity contribution in [3.8, 4) is 0 Å². The predicted octanol–water partition coefficient (Wildman–Crippen LogP) is 2.81. The fraction of sp³-hybridized carbons (Fsp3) is 0.909. The molecule has 0 aliphatic rings. The SMILES string of the molecule is CCCC(C)(C)CC(OC)C(C)=O. The van der Waals surface area contributed by atoms with Crippen LogP contribution in [-0.4, -0.2) is 19.0 Å². The van der Waals surface area contributed by atoms with Crippen LogP contribution in [0.4, 0.5) is 0 Å². The van der Waals surface area contributed by atoms with Crippen LogP contribution in [0.5, 0.6) is 0 Å². The Balaban J connectivity index is 4.13. The van der Waals surface area contributed by atoms with Gasteiger partial charge in [-0.2, -0.15) is 0 Å². The number of methoxy groups -OCH3 is 1. The molecule has 0 aromatic heterocycles. The summed E-state index contributed by atoms with van der Waals surface area (Å²) in [7, 11) is 1.61. The summed E-state index contributed by atoms with van der Waals surface area (Å²) in [5.41, 5.74) is 0.209. The zero-order valence-corrected chi connectivity index (χ0v) is 9.52. The third-order valence-corrected chi connectivity index (χ3v) is 2.40. The van der Waals surface area contributed by atoms with Gasteiger partial charge in [-0.25, -0.2) is 0 Å². The third kappa shape index (κ3) is 5.04. The second kappa shape index (κ2) is 5.38. The fourth-order valence-electron chi connectivity index (χ4n) is 1.67. The van der Waals surface area contributed by atoms with Crippen LogP contribution in [0.3, 0.4) is 0 Å². The number of Topliss-reactive ketones (excluding diaryl/α,β-unsaturated/α-hetero) is 1. The molecule has 0 spiro atoms.